The molecule has 172 valence electrons. The molecule has 0 aliphatic carbocycles. The van der Waals surface area contributed by atoms with Gasteiger partial charge in [-0.3, -0.25) is 14.4 Å². The summed E-state index contributed by atoms with van der Waals surface area (Å²) in [5.41, 5.74) is 2.79. The van der Waals surface area contributed by atoms with Crippen LogP contribution < -0.4 is 5.32 Å². The molecule has 0 saturated carbocycles. The Labute approximate surface area is 198 Å². The van der Waals surface area contributed by atoms with Crippen LogP contribution in [0.5, 0.6) is 0 Å². The largest absolute Gasteiger partial charge is 0.340 e. The van der Waals surface area contributed by atoms with Gasteiger partial charge in [-0.1, -0.05) is 11.8 Å². The number of thioether (sulfide) groups is 1. The summed E-state index contributed by atoms with van der Waals surface area (Å²) in [7, 11) is 0. The summed E-state index contributed by atoms with van der Waals surface area (Å²) >= 11 is 2.71. The summed E-state index contributed by atoms with van der Waals surface area (Å²) in [5.74, 6) is 0.480. The second-order valence-corrected chi connectivity index (χ2v) is 10.3. The van der Waals surface area contributed by atoms with E-state index in [9.17, 15) is 14.4 Å². The van der Waals surface area contributed by atoms with Crippen LogP contribution in [0.3, 0.4) is 0 Å². The number of nitrogens with zero attached hydrogens (tertiary/aromatic N) is 6. The number of piperidine rings is 1. The molecule has 0 spiro atoms. The van der Waals surface area contributed by atoms with Crippen LogP contribution in [0.1, 0.15) is 62.6 Å². The molecule has 10 nitrogen and oxygen atoms in total. The standard InChI is InChI=1S/C21H23N7O3S2/c1-11-9-16-24-25-17(12(2)28(16)26-11)20(30)27-6-3-13(4-7-27)19-23-15(10-33-19)18(29)22-14-5-8-32-21(14)31/h9-10,13-14H,3-8H2,1-2H3,(H,22,29). The van der Waals surface area contributed by atoms with Crippen molar-refractivity contribution in [2.24, 2.45) is 0 Å². The van der Waals surface area contributed by atoms with Crippen molar-refractivity contribution >= 4 is 45.7 Å². The molecule has 12 heteroatoms. The first-order valence-electron chi connectivity index (χ1n) is 10.8. The van der Waals surface area contributed by atoms with Crippen molar-refractivity contribution < 1.29 is 14.4 Å². The highest BCUT2D eigenvalue weighted by molar-refractivity contribution is 8.14. The summed E-state index contributed by atoms with van der Waals surface area (Å²) in [6.07, 6.45) is 2.18. The molecule has 3 aromatic rings. The fraction of sp³-hybridized carbons (Fsp3) is 0.476. The van der Waals surface area contributed by atoms with E-state index < -0.39 is 6.04 Å². The van der Waals surface area contributed by atoms with Crippen LogP contribution in [0.2, 0.25) is 0 Å². The number of aryl methyl sites for hydroxylation is 2. The fourth-order valence-electron chi connectivity index (χ4n) is 4.19. The third-order valence-electron chi connectivity index (χ3n) is 6.05. The van der Waals surface area contributed by atoms with Crippen LogP contribution >= 0.6 is 23.1 Å². The number of carbonyl (C=O) groups is 3. The van der Waals surface area contributed by atoms with Crippen LogP contribution in [0, 0.1) is 13.8 Å². The quantitative estimate of drug-likeness (QED) is 0.595. The number of likely N-dealkylation sites (tertiary alicyclic amines) is 1. The maximum Gasteiger partial charge on any atom is 0.276 e. The van der Waals surface area contributed by atoms with Crippen molar-refractivity contribution in [2.75, 3.05) is 18.8 Å². The van der Waals surface area contributed by atoms with Crippen LogP contribution in [-0.4, -0.2) is 71.5 Å². The van der Waals surface area contributed by atoms with Gasteiger partial charge in [0.2, 0.25) is 5.12 Å². The molecule has 1 atom stereocenters. The number of aromatic nitrogens is 5. The predicted octanol–water partition coefficient (Wildman–Crippen LogP) is 1.98. The Bertz CT molecular complexity index is 1250. The Balaban J connectivity index is 1.22. The highest BCUT2D eigenvalue weighted by Crippen LogP contribution is 2.31. The van der Waals surface area contributed by atoms with E-state index in [-0.39, 0.29) is 22.8 Å². The fourth-order valence-corrected chi connectivity index (χ4v) is 6.10. The lowest BCUT2D eigenvalue weighted by atomic mass is 9.97. The lowest BCUT2D eigenvalue weighted by Gasteiger charge is -2.31. The Morgan fingerprint density at radius 2 is 1.94 bits per heavy atom. The maximum atomic E-state index is 13.1. The molecule has 2 aliphatic heterocycles. The normalized spacial score (nSPS) is 19.4. The van der Waals surface area contributed by atoms with Gasteiger partial charge in [-0.25, -0.2) is 9.50 Å². The minimum absolute atomic E-state index is 0.0117. The van der Waals surface area contributed by atoms with E-state index in [1.165, 1.54) is 23.1 Å². The summed E-state index contributed by atoms with van der Waals surface area (Å²) in [6, 6.07) is 1.41. The molecule has 0 bridgehead atoms. The first kappa shape index (κ1) is 22.0. The van der Waals surface area contributed by atoms with Gasteiger partial charge in [-0.05, 0) is 33.1 Å². The van der Waals surface area contributed by atoms with Gasteiger partial charge < -0.3 is 10.2 Å². The third-order valence-corrected chi connectivity index (χ3v) is 8.07. The van der Waals surface area contributed by atoms with E-state index in [1.807, 2.05) is 19.9 Å². The van der Waals surface area contributed by atoms with Gasteiger partial charge in [0, 0.05) is 36.2 Å². The molecule has 1 unspecified atom stereocenters. The van der Waals surface area contributed by atoms with Gasteiger partial charge in [0.1, 0.15) is 5.69 Å². The minimum Gasteiger partial charge on any atom is -0.340 e. The number of amides is 2. The predicted molar refractivity (Wildman–Crippen MR) is 124 cm³/mol. The van der Waals surface area contributed by atoms with Crippen LogP contribution in [0.25, 0.3) is 5.65 Å². The molecule has 5 rings (SSSR count). The van der Waals surface area contributed by atoms with E-state index in [0.29, 0.717) is 42.2 Å². The van der Waals surface area contributed by atoms with Gasteiger partial charge in [0.15, 0.2) is 11.3 Å². The average molecular weight is 486 g/mol. The van der Waals surface area contributed by atoms with Crippen LogP contribution in [0.4, 0.5) is 0 Å². The molecule has 0 radical (unpaired) electrons. The SMILES string of the molecule is Cc1cc2nnc(C(=O)N3CCC(c4nc(C(=O)NC5CCSC5=O)cs4)CC3)c(C)n2n1. The van der Waals surface area contributed by atoms with E-state index in [2.05, 4.69) is 25.6 Å². The van der Waals surface area contributed by atoms with Crippen molar-refractivity contribution in [2.45, 2.75) is 45.1 Å². The number of thiazole rings is 1. The number of hydrogen-bond donors (Lipinski definition) is 1. The smallest absolute Gasteiger partial charge is 0.276 e. The first-order chi connectivity index (χ1) is 15.9. The second kappa shape index (κ2) is 8.82. The molecule has 2 aliphatic rings. The lowest BCUT2D eigenvalue weighted by molar-refractivity contribution is -0.112. The van der Waals surface area contributed by atoms with Crippen molar-refractivity contribution in [1.29, 1.82) is 0 Å². The van der Waals surface area contributed by atoms with E-state index in [0.717, 1.165) is 29.3 Å². The minimum atomic E-state index is -0.418. The van der Waals surface area contributed by atoms with Gasteiger partial charge in [-0.2, -0.15) is 5.10 Å². The number of hydrogen-bond acceptors (Lipinski definition) is 9. The molecular weight excluding hydrogens is 462 g/mol. The van der Waals surface area contributed by atoms with Crippen LogP contribution in [-0.2, 0) is 4.79 Å². The van der Waals surface area contributed by atoms with Gasteiger partial charge in [0.05, 0.1) is 22.4 Å². The van der Waals surface area contributed by atoms with Crippen molar-refractivity contribution in [1.82, 2.24) is 35.0 Å². The summed E-state index contributed by atoms with van der Waals surface area (Å²) < 4.78 is 1.66. The Morgan fingerprint density at radius 1 is 1.15 bits per heavy atom. The molecule has 2 fully saturated rings. The average Bonchev–Trinajstić information content (AvgIpc) is 3.54. The Kier molecular flexibility index (Phi) is 5.87. The topological polar surface area (TPSA) is 122 Å². The van der Waals surface area contributed by atoms with Gasteiger partial charge in [0.25, 0.3) is 11.8 Å². The lowest BCUT2D eigenvalue weighted by Crippen LogP contribution is -2.39. The van der Waals surface area contributed by atoms with Crippen LogP contribution in [0.15, 0.2) is 11.4 Å². The van der Waals surface area contributed by atoms with E-state index in [1.54, 1.807) is 14.8 Å². The first-order valence-corrected chi connectivity index (χ1v) is 12.7. The summed E-state index contributed by atoms with van der Waals surface area (Å²) in [5, 5.41) is 18.1. The second-order valence-electron chi connectivity index (χ2n) is 8.31. The van der Waals surface area contributed by atoms with E-state index in [4.69, 9.17) is 0 Å². The highest BCUT2D eigenvalue weighted by Gasteiger charge is 2.30. The van der Waals surface area contributed by atoms with Gasteiger partial charge in [-0.15, -0.1) is 21.5 Å². The summed E-state index contributed by atoms with van der Waals surface area (Å²) in [4.78, 5) is 43.6. The molecule has 1 N–H and O–H groups in total. The molecule has 33 heavy (non-hydrogen) atoms. The summed E-state index contributed by atoms with van der Waals surface area (Å²) in [6.45, 7) is 4.86. The number of nitrogens with one attached hydrogen (secondary N) is 1. The number of fused-ring (bicyclic) bond motifs is 1. The van der Waals surface area contributed by atoms with Gasteiger partial charge >= 0.3 is 0 Å². The number of carbonyl (C=O) groups excluding carboxylic acids is 3. The van der Waals surface area contributed by atoms with Crippen molar-refractivity contribution in [3.8, 4) is 0 Å². The van der Waals surface area contributed by atoms with E-state index >= 15 is 0 Å². The molecule has 3 aromatic heterocycles. The molecular formula is C21H23N7O3S2. The Hall–Kier alpha value is -2.86. The zero-order valence-electron chi connectivity index (χ0n) is 18.3. The Morgan fingerprint density at radius 3 is 2.67 bits per heavy atom. The molecule has 5 heterocycles. The highest BCUT2D eigenvalue weighted by atomic mass is 32.2. The third kappa shape index (κ3) is 4.24. The zero-order chi connectivity index (χ0) is 23.1. The molecule has 2 amide bonds. The van der Waals surface area contributed by atoms with Crippen molar-refractivity contribution in [3.05, 3.63) is 39.2 Å². The number of rotatable bonds is 4. The molecule has 0 aromatic carbocycles. The zero-order valence-corrected chi connectivity index (χ0v) is 19.9. The monoisotopic (exact) mass is 485 g/mol. The molecule has 2 saturated heterocycles. The maximum absolute atomic E-state index is 13.1. The van der Waals surface area contributed by atoms with Crippen molar-refractivity contribution in [3.63, 3.8) is 0 Å².